The lowest BCUT2D eigenvalue weighted by molar-refractivity contribution is -0.136. The highest BCUT2D eigenvalue weighted by Crippen LogP contribution is 2.30. The van der Waals surface area contributed by atoms with E-state index >= 15 is 0 Å². The lowest BCUT2D eigenvalue weighted by atomic mass is 10.3. The van der Waals surface area contributed by atoms with E-state index in [1.165, 1.54) is 6.07 Å². The van der Waals surface area contributed by atoms with Crippen molar-refractivity contribution in [2.24, 2.45) is 0 Å². The summed E-state index contributed by atoms with van der Waals surface area (Å²) in [6, 6.07) is 1.32. The first-order valence-corrected chi connectivity index (χ1v) is 5.64. The molecule has 0 unspecified atom stereocenters. The van der Waals surface area contributed by atoms with Crippen LogP contribution in [0.3, 0.4) is 0 Å². The zero-order chi connectivity index (χ0) is 13.1. The minimum Gasteiger partial charge on any atom is -0.477 e. The van der Waals surface area contributed by atoms with Gasteiger partial charge in [0.1, 0.15) is 5.02 Å². The van der Waals surface area contributed by atoms with Crippen LogP contribution >= 0.6 is 34.8 Å². The number of nitrogens with zero attached hydrogens (tertiary/aromatic N) is 1. The second-order valence-corrected chi connectivity index (χ2v) is 4.29. The summed E-state index contributed by atoms with van der Waals surface area (Å²) in [4.78, 5) is 3.70. The van der Waals surface area contributed by atoms with Crippen molar-refractivity contribution in [1.29, 1.82) is 0 Å². The molecule has 1 aromatic rings. The van der Waals surface area contributed by atoms with Crippen LogP contribution in [0.5, 0.6) is 5.88 Å². The molecule has 0 aliphatic heterocycles. The van der Waals surface area contributed by atoms with Gasteiger partial charge in [-0.1, -0.05) is 34.8 Å². The molecule has 0 saturated carbocycles. The molecule has 1 heterocycles. The van der Waals surface area contributed by atoms with Crippen LogP contribution in [-0.4, -0.2) is 17.8 Å². The van der Waals surface area contributed by atoms with E-state index in [0.29, 0.717) is 0 Å². The molecule has 0 radical (unpaired) electrons. The van der Waals surface area contributed by atoms with Crippen LogP contribution in [0.2, 0.25) is 15.2 Å². The maximum absolute atomic E-state index is 11.8. The Labute approximate surface area is 111 Å². The molecule has 0 bridgehead atoms. The molecule has 0 fully saturated rings. The number of pyridine rings is 1. The van der Waals surface area contributed by atoms with Gasteiger partial charge < -0.3 is 4.74 Å². The minimum atomic E-state index is -4.20. The normalized spacial score (nSPS) is 11.6. The summed E-state index contributed by atoms with van der Waals surface area (Å²) in [5.74, 6) is -0.0248. The van der Waals surface area contributed by atoms with E-state index in [1.54, 1.807) is 0 Å². The van der Waals surface area contributed by atoms with Gasteiger partial charge in [-0.3, -0.25) is 0 Å². The van der Waals surface area contributed by atoms with Crippen molar-refractivity contribution >= 4 is 34.8 Å². The number of ether oxygens (including phenoxy) is 1. The molecule has 2 nitrogen and oxygen atoms in total. The van der Waals surface area contributed by atoms with Gasteiger partial charge in [0.05, 0.1) is 11.6 Å². The number of alkyl halides is 3. The summed E-state index contributed by atoms with van der Waals surface area (Å²) < 4.78 is 40.5. The molecule has 8 heteroatoms. The zero-order valence-corrected chi connectivity index (χ0v) is 10.6. The lowest BCUT2D eigenvalue weighted by Crippen LogP contribution is -2.10. The fourth-order valence-electron chi connectivity index (χ4n) is 0.971. The van der Waals surface area contributed by atoms with Crippen molar-refractivity contribution in [3.63, 3.8) is 0 Å². The van der Waals surface area contributed by atoms with Gasteiger partial charge in [-0.2, -0.15) is 18.2 Å². The second-order valence-electron chi connectivity index (χ2n) is 3.12. The summed E-state index contributed by atoms with van der Waals surface area (Å²) in [5, 5.41) is 0.243. The van der Waals surface area contributed by atoms with Gasteiger partial charge in [0.2, 0.25) is 5.88 Å². The average Bonchev–Trinajstić information content (AvgIpc) is 2.18. The Kier molecular flexibility index (Phi) is 5.16. The lowest BCUT2D eigenvalue weighted by Gasteiger charge is -2.09. The Hall–Kier alpha value is -0.390. The predicted octanol–water partition coefficient (Wildman–Crippen LogP) is 4.76. The fourth-order valence-corrected chi connectivity index (χ4v) is 1.52. The molecule has 0 aromatic carbocycles. The van der Waals surface area contributed by atoms with E-state index in [9.17, 15) is 13.2 Å². The average molecular weight is 309 g/mol. The molecular formula is C9H7Cl3F3NO. The van der Waals surface area contributed by atoms with Gasteiger partial charge in [0.25, 0.3) is 0 Å². The fraction of sp³-hybridized carbons (Fsp3) is 0.444. The Morgan fingerprint density at radius 1 is 1.18 bits per heavy atom. The van der Waals surface area contributed by atoms with Crippen molar-refractivity contribution < 1.29 is 17.9 Å². The SMILES string of the molecule is FC(F)(F)CCCOc1nc(Cl)c(Cl)cc1Cl. The van der Waals surface area contributed by atoms with Gasteiger partial charge in [0, 0.05) is 6.42 Å². The van der Waals surface area contributed by atoms with Gasteiger partial charge >= 0.3 is 6.18 Å². The van der Waals surface area contributed by atoms with Crippen LogP contribution in [0.4, 0.5) is 13.2 Å². The maximum Gasteiger partial charge on any atom is 0.389 e. The third-order valence-electron chi connectivity index (χ3n) is 1.70. The van der Waals surface area contributed by atoms with E-state index in [2.05, 4.69) is 4.98 Å². The van der Waals surface area contributed by atoms with Crippen LogP contribution in [0.15, 0.2) is 6.07 Å². The third-order valence-corrected chi connectivity index (χ3v) is 2.64. The molecule has 0 N–H and O–H groups in total. The number of hydrogen-bond donors (Lipinski definition) is 0. The number of aromatic nitrogens is 1. The quantitative estimate of drug-likeness (QED) is 0.591. The zero-order valence-electron chi connectivity index (χ0n) is 8.32. The maximum atomic E-state index is 11.8. The van der Waals surface area contributed by atoms with E-state index in [1.807, 2.05) is 0 Å². The van der Waals surface area contributed by atoms with Crippen LogP contribution in [0, 0.1) is 0 Å². The molecule has 17 heavy (non-hydrogen) atoms. The van der Waals surface area contributed by atoms with E-state index in [-0.39, 0.29) is 34.1 Å². The first kappa shape index (κ1) is 14.7. The molecule has 1 rings (SSSR count). The van der Waals surface area contributed by atoms with E-state index in [0.717, 1.165) is 0 Å². The third kappa shape index (κ3) is 5.19. The Bertz CT molecular complexity index is 398. The molecular weight excluding hydrogens is 301 g/mol. The van der Waals surface area contributed by atoms with Gasteiger partial charge in [-0.25, -0.2) is 0 Å². The Balaban J connectivity index is 2.50. The van der Waals surface area contributed by atoms with Crippen LogP contribution < -0.4 is 4.74 Å². The Morgan fingerprint density at radius 3 is 2.41 bits per heavy atom. The highest BCUT2D eigenvalue weighted by molar-refractivity contribution is 6.42. The number of rotatable bonds is 4. The van der Waals surface area contributed by atoms with Crippen LogP contribution in [0.1, 0.15) is 12.8 Å². The van der Waals surface area contributed by atoms with Crippen molar-refractivity contribution in [2.45, 2.75) is 19.0 Å². The van der Waals surface area contributed by atoms with Gasteiger partial charge in [-0.15, -0.1) is 0 Å². The molecule has 0 atom stereocenters. The van der Waals surface area contributed by atoms with Crippen molar-refractivity contribution in [2.75, 3.05) is 6.61 Å². The number of halogens is 6. The molecule has 1 aromatic heterocycles. The van der Waals surface area contributed by atoms with E-state index in [4.69, 9.17) is 39.5 Å². The first-order chi connectivity index (χ1) is 7.79. The second kappa shape index (κ2) is 5.98. The Morgan fingerprint density at radius 2 is 1.82 bits per heavy atom. The molecule has 96 valence electrons. The van der Waals surface area contributed by atoms with Crippen molar-refractivity contribution in [3.05, 3.63) is 21.3 Å². The monoisotopic (exact) mass is 307 g/mol. The van der Waals surface area contributed by atoms with E-state index < -0.39 is 12.6 Å². The molecule has 0 aliphatic carbocycles. The van der Waals surface area contributed by atoms with Gasteiger partial charge in [-0.05, 0) is 12.5 Å². The number of hydrogen-bond acceptors (Lipinski definition) is 2. The summed E-state index contributed by atoms with van der Waals surface area (Å²) in [7, 11) is 0. The summed E-state index contributed by atoms with van der Waals surface area (Å²) in [5.41, 5.74) is 0. The van der Waals surface area contributed by atoms with Crippen molar-refractivity contribution in [3.8, 4) is 5.88 Å². The smallest absolute Gasteiger partial charge is 0.389 e. The minimum absolute atomic E-state index is 0.0121. The summed E-state index contributed by atoms with van der Waals surface area (Å²) >= 11 is 17.0. The predicted molar refractivity (Wildman–Crippen MR) is 60.1 cm³/mol. The molecule has 0 amide bonds. The summed E-state index contributed by atoms with van der Waals surface area (Å²) in [6.45, 7) is -0.149. The highest BCUT2D eigenvalue weighted by Gasteiger charge is 2.26. The highest BCUT2D eigenvalue weighted by atomic mass is 35.5. The molecule has 0 saturated heterocycles. The summed E-state index contributed by atoms with van der Waals surface area (Å²) in [6.07, 6.45) is -5.30. The molecule has 0 aliphatic rings. The first-order valence-electron chi connectivity index (χ1n) is 4.50. The molecule has 0 spiro atoms. The topological polar surface area (TPSA) is 22.1 Å². The largest absolute Gasteiger partial charge is 0.477 e. The van der Waals surface area contributed by atoms with Crippen LogP contribution in [-0.2, 0) is 0 Å². The van der Waals surface area contributed by atoms with Gasteiger partial charge in [0.15, 0.2) is 5.15 Å². The van der Waals surface area contributed by atoms with Crippen LogP contribution in [0.25, 0.3) is 0 Å². The van der Waals surface area contributed by atoms with Crippen molar-refractivity contribution in [1.82, 2.24) is 4.98 Å². The standard InChI is InChI=1S/C9H7Cl3F3NO/c10-5-4-6(11)8(16-7(5)12)17-3-1-2-9(13,14)15/h4H,1-3H2.